The van der Waals surface area contributed by atoms with Crippen LogP contribution in [0.1, 0.15) is 32.1 Å². The van der Waals surface area contributed by atoms with Crippen LogP contribution in [0.15, 0.2) is 122 Å². The molecule has 0 spiro atoms. The molecule has 0 aliphatic heterocycles. The van der Waals surface area contributed by atoms with E-state index in [4.69, 9.17) is 10.5 Å². The monoisotopic (exact) mass is 854 g/mol. The molecule has 8 rings (SSSR count). The van der Waals surface area contributed by atoms with Gasteiger partial charge in [0.05, 0.1) is 53.7 Å². The van der Waals surface area contributed by atoms with Crippen molar-refractivity contribution < 1.29 is 50.3 Å². The maximum Gasteiger partial charge on any atom is 0.433 e. The number of ether oxygens (including phenoxy) is 2. The first-order chi connectivity index (χ1) is 29.4. The van der Waals surface area contributed by atoms with Crippen LogP contribution < -0.4 is 5.73 Å². The number of halogens is 6. The molecule has 0 amide bonds. The molecule has 0 aliphatic rings. The lowest BCUT2D eigenvalue weighted by atomic mass is 10.0. The van der Waals surface area contributed by atoms with E-state index in [1.165, 1.54) is 65.1 Å². The zero-order valence-electron chi connectivity index (χ0n) is 32.0. The van der Waals surface area contributed by atoms with E-state index >= 15 is 0 Å². The van der Waals surface area contributed by atoms with E-state index in [1.54, 1.807) is 48.7 Å². The van der Waals surface area contributed by atoms with Gasteiger partial charge in [-0.3, -0.25) is 10.1 Å². The predicted octanol–water partition coefficient (Wildman–Crippen LogP) is 9.28. The summed E-state index contributed by atoms with van der Waals surface area (Å²) >= 11 is 0. The molecular formula is C42H28F6N8O6. The zero-order valence-corrected chi connectivity index (χ0v) is 32.0. The van der Waals surface area contributed by atoms with Crippen LogP contribution in [-0.2, 0) is 21.8 Å². The molecule has 0 bridgehead atoms. The van der Waals surface area contributed by atoms with Gasteiger partial charge in [-0.15, -0.1) is 0 Å². The predicted molar refractivity (Wildman–Crippen MR) is 212 cm³/mol. The lowest BCUT2D eigenvalue weighted by molar-refractivity contribution is -0.384. The largest absolute Gasteiger partial charge is 0.465 e. The van der Waals surface area contributed by atoms with E-state index in [2.05, 4.69) is 24.9 Å². The number of esters is 2. The number of nitro groups is 1. The third-order valence-corrected chi connectivity index (χ3v) is 9.22. The van der Waals surface area contributed by atoms with Crippen LogP contribution >= 0.6 is 0 Å². The Morgan fingerprint density at radius 3 is 1.50 bits per heavy atom. The number of nitro benzene ring substituents is 1. The van der Waals surface area contributed by atoms with Crippen molar-refractivity contribution in [2.75, 3.05) is 20.0 Å². The Hall–Kier alpha value is -8.16. The molecule has 4 heterocycles. The number of carbonyl (C=O) groups is 2. The molecule has 0 saturated heterocycles. The van der Waals surface area contributed by atoms with E-state index in [9.17, 15) is 46.0 Å². The van der Waals surface area contributed by atoms with Gasteiger partial charge in [0, 0.05) is 28.6 Å². The van der Waals surface area contributed by atoms with Gasteiger partial charge in [0.25, 0.3) is 5.69 Å². The average molecular weight is 855 g/mol. The minimum Gasteiger partial charge on any atom is -0.465 e. The smallest absolute Gasteiger partial charge is 0.433 e. The Morgan fingerprint density at radius 1 is 0.613 bits per heavy atom. The van der Waals surface area contributed by atoms with Gasteiger partial charge in [0.2, 0.25) is 0 Å². The summed E-state index contributed by atoms with van der Waals surface area (Å²) in [5, 5.41) is 21.0. The van der Waals surface area contributed by atoms with Gasteiger partial charge in [-0.05, 0) is 82.9 Å². The first kappa shape index (κ1) is 42.0. The van der Waals surface area contributed by atoms with Crippen molar-refractivity contribution in [1.82, 2.24) is 29.5 Å². The summed E-state index contributed by atoms with van der Waals surface area (Å²) in [6.45, 7) is 0. The quantitative estimate of drug-likeness (QED) is 0.0530. The number of aromatic nitrogens is 6. The van der Waals surface area contributed by atoms with Gasteiger partial charge in [-0.25, -0.2) is 28.9 Å². The van der Waals surface area contributed by atoms with Crippen LogP contribution in [0.4, 0.5) is 37.7 Å². The van der Waals surface area contributed by atoms with Gasteiger partial charge in [-0.2, -0.15) is 36.5 Å². The van der Waals surface area contributed by atoms with Gasteiger partial charge >= 0.3 is 24.3 Å². The van der Waals surface area contributed by atoms with Crippen molar-refractivity contribution in [2.45, 2.75) is 12.4 Å². The topological polar surface area (TPSA) is 183 Å². The molecule has 14 nitrogen and oxygen atoms in total. The Balaban J connectivity index is 0.000000187. The summed E-state index contributed by atoms with van der Waals surface area (Å²) in [7, 11) is 2.44. The molecule has 2 N–H and O–H groups in total. The fraction of sp³-hybridized carbons (Fsp3) is 0.0952. The lowest BCUT2D eigenvalue weighted by Gasteiger charge is -2.10. The van der Waals surface area contributed by atoms with E-state index in [-0.39, 0.29) is 22.9 Å². The summed E-state index contributed by atoms with van der Waals surface area (Å²) in [6.07, 6.45) is -6.16. The molecule has 8 aromatic rings. The number of carbonyl (C=O) groups excluding carboxylic acids is 2. The van der Waals surface area contributed by atoms with E-state index in [1.807, 2.05) is 6.07 Å². The standard InChI is InChI=1S/C21H13F3N4O4.C21H15F3N4O2/c1-32-20(29)15-7-14(8-16(9-15)28(30)31)12-5-6-13-11-25-27(17(13)10-12)19-4-2-3-18(26-19)21(22,23)24;1-30-20(29)15-7-14(8-16(25)9-15)12-5-6-13-11-26-28(17(13)10-12)19-4-2-3-18(27-19)21(22,23)24/h2-11H,1H3;2-11H,25H2,1H3. The van der Waals surface area contributed by atoms with E-state index in [0.717, 1.165) is 30.7 Å². The highest BCUT2D eigenvalue weighted by Crippen LogP contribution is 2.33. The third-order valence-electron chi connectivity index (χ3n) is 9.22. The number of rotatable bonds is 7. The number of fused-ring (bicyclic) bond motifs is 2. The van der Waals surface area contributed by atoms with Crippen LogP contribution in [0, 0.1) is 10.1 Å². The van der Waals surface area contributed by atoms with Crippen molar-refractivity contribution in [1.29, 1.82) is 0 Å². The molecule has 0 atom stereocenters. The molecule has 0 aliphatic carbocycles. The van der Waals surface area contributed by atoms with Crippen LogP contribution in [0.2, 0.25) is 0 Å². The van der Waals surface area contributed by atoms with E-state index in [0.29, 0.717) is 49.9 Å². The molecule has 62 heavy (non-hydrogen) atoms. The van der Waals surface area contributed by atoms with Crippen molar-refractivity contribution >= 4 is 45.1 Å². The molecule has 0 unspecified atom stereocenters. The Kier molecular flexibility index (Phi) is 11.2. The van der Waals surface area contributed by atoms with Crippen molar-refractivity contribution in [3.05, 3.63) is 154 Å². The first-order valence-electron chi connectivity index (χ1n) is 17.9. The number of pyridine rings is 2. The highest BCUT2D eigenvalue weighted by Gasteiger charge is 2.33. The maximum atomic E-state index is 13.1. The normalized spacial score (nSPS) is 11.5. The summed E-state index contributed by atoms with van der Waals surface area (Å²) in [4.78, 5) is 41.8. The first-order valence-corrected chi connectivity index (χ1v) is 17.9. The van der Waals surface area contributed by atoms with Crippen LogP contribution in [0.3, 0.4) is 0 Å². The number of methoxy groups -OCH3 is 2. The summed E-state index contributed by atoms with van der Waals surface area (Å²) in [6, 6.07) is 26.0. The minimum atomic E-state index is -4.61. The van der Waals surface area contributed by atoms with Gasteiger partial charge < -0.3 is 15.2 Å². The average Bonchev–Trinajstić information content (AvgIpc) is 3.89. The highest BCUT2D eigenvalue weighted by atomic mass is 19.4. The number of alkyl halides is 6. The maximum absolute atomic E-state index is 13.1. The summed E-state index contributed by atoms with van der Waals surface area (Å²) in [5.41, 5.74) is 7.39. The van der Waals surface area contributed by atoms with Crippen molar-refractivity contribution in [2.24, 2.45) is 0 Å². The van der Waals surface area contributed by atoms with Crippen molar-refractivity contribution in [3.63, 3.8) is 0 Å². The molecule has 0 radical (unpaired) electrons. The molecule has 314 valence electrons. The summed E-state index contributed by atoms with van der Waals surface area (Å²) in [5.74, 6) is -1.27. The zero-order chi connectivity index (χ0) is 44.5. The number of benzene rings is 4. The Morgan fingerprint density at radius 2 is 1.06 bits per heavy atom. The number of nitrogens with two attached hydrogens (primary N) is 1. The number of nitrogen functional groups attached to an aromatic ring is 1. The number of non-ortho nitro benzene ring substituents is 1. The van der Waals surface area contributed by atoms with Crippen LogP contribution in [0.5, 0.6) is 0 Å². The molecule has 0 saturated carbocycles. The lowest BCUT2D eigenvalue weighted by Crippen LogP contribution is -2.10. The molecular weight excluding hydrogens is 826 g/mol. The summed E-state index contributed by atoms with van der Waals surface area (Å²) < 4.78 is 90.3. The second-order valence-electron chi connectivity index (χ2n) is 13.3. The second kappa shape index (κ2) is 16.5. The van der Waals surface area contributed by atoms with Gasteiger partial charge in [-0.1, -0.05) is 36.4 Å². The molecule has 20 heteroatoms. The number of hydrogen-bond acceptors (Lipinski definition) is 11. The minimum absolute atomic E-state index is 0.00940. The second-order valence-corrected chi connectivity index (χ2v) is 13.3. The number of anilines is 1. The van der Waals surface area contributed by atoms with Gasteiger partial charge in [0.15, 0.2) is 11.6 Å². The Bertz CT molecular complexity index is 3040. The molecule has 4 aromatic heterocycles. The molecule has 4 aromatic carbocycles. The fourth-order valence-electron chi connectivity index (χ4n) is 6.33. The number of nitrogens with zero attached hydrogens (tertiary/aromatic N) is 7. The van der Waals surface area contributed by atoms with Crippen LogP contribution in [0.25, 0.3) is 55.7 Å². The third kappa shape index (κ3) is 8.74. The van der Waals surface area contributed by atoms with E-state index < -0.39 is 40.6 Å². The SMILES string of the molecule is COC(=O)c1cc(-c2ccc3cnn(-c4cccc(C(F)(F)F)n4)c3c2)cc([N+](=O)[O-])c1.COC(=O)c1cc(N)cc(-c2ccc3cnn(-c4cccc(C(F)(F)F)n4)c3c2)c1. The number of hydrogen-bond donors (Lipinski definition) is 1. The van der Waals surface area contributed by atoms with Crippen LogP contribution in [-0.4, -0.2) is 60.6 Å². The fourth-order valence-corrected chi connectivity index (χ4v) is 6.33. The highest BCUT2D eigenvalue weighted by molar-refractivity contribution is 5.94. The Labute approximate surface area is 344 Å². The van der Waals surface area contributed by atoms with Crippen molar-refractivity contribution in [3.8, 4) is 33.9 Å². The van der Waals surface area contributed by atoms with Gasteiger partial charge in [0.1, 0.15) is 11.4 Å². The molecule has 0 fully saturated rings.